The van der Waals surface area contributed by atoms with Crippen LogP contribution in [0.5, 0.6) is 0 Å². The van der Waals surface area contributed by atoms with E-state index in [1.165, 1.54) is 0 Å². The van der Waals surface area contributed by atoms with Gasteiger partial charge < -0.3 is 15.5 Å². The van der Waals surface area contributed by atoms with Crippen LogP contribution < -0.4 is 15.5 Å². The first-order chi connectivity index (χ1) is 11.5. The number of hydrogen-bond acceptors (Lipinski definition) is 6. The van der Waals surface area contributed by atoms with E-state index in [9.17, 15) is 4.79 Å². The van der Waals surface area contributed by atoms with Crippen molar-refractivity contribution in [3.8, 4) is 0 Å². The van der Waals surface area contributed by atoms with E-state index in [1.807, 2.05) is 24.0 Å². The lowest BCUT2D eigenvalue weighted by molar-refractivity contribution is 0.0985. The fourth-order valence-corrected chi connectivity index (χ4v) is 2.98. The normalized spacial score (nSPS) is 15.3. The molecule has 1 fully saturated rings. The van der Waals surface area contributed by atoms with Gasteiger partial charge in [0, 0.05) is 46.0 Å². The number of hydrogen-bond donors (Lipinski definition) is 1. The molecule has 1 aliphatic heterocycles. The molecule has 0 spiro atoms. The molecule has 0 bridgehead atoms. The fraction of sp³-hybridized carbons (Fsp3) is 0.600. The van der Waals surface area contributed by atoms with Gasteiger partial charge in [0.15, 0.2) is 0 Å². The molecule has 2 aromatic rings. The fourth-order valence-electron chi connectivity index (χ4n) is 2.98. The maximum absolute atomic E-state index is 11.6. The van der Waals surface area contributed by atoms with Gasteiger partial charge in [-0.1, -0.05) is 13.8 Å². The Labute approximate surface area is 141 Å². The van der Waals surface area contributed by atoms with Gasteiger partial charge in [-0.25, -0.2) is 0 Å². The summed E-state index contributed by atoms with van der Waals surface area (Å²) in [5.41, 5.74) is 6.56. The quantitative estimate of drug-likeness (QED) is 0.833. The standard InChI is InChI=1S/C15H24N8O/c1-11(2)9-23-14(13(16)24)18-19-15(23)22-6-4-21(5-7-22)12-8-17-20(3)10-12/h8,10-11H,4-7,9H2,1-3H3,(H2,16,24). The molecular formula is C15H24N8O. The Morgan fingerprint density at radius 3 is 2.42 bits per heavy atom. The first-order valence-electron chi connectivity index (χ1n) is 8.17. The predicted octanol–water partition coefficient (Wildman–Crippen LogP) is 0.0931. The van der Waals surface area contributed by atoms with Crippen LogP contribution in [-0.4, -0.2) is 56.6 Å². The van der Waals surface area contributed by atoms with Gasteiger partial charge in [0.1, 0.15) is 0 Å². The van der Waals surface area contributed by atoms with Crippen molar-refractivity contribution in [2.45, 2.75) is 20.4 Å². The first-order valence-corrected chi connectivity index (χ1v) is 8.17. The number of nitrogens with zero attached hydrogens (tertiary/aromatic N) is 7. The summed E-state index contributed by atoms with van der Waals surface area (Å²) < 4.78 is 3.65. The highest BCUT2D eigenvalue weighted by molar-refractivity contribution is 5.89. The van der Waals surface area contributed by atoms with Crippen LogP contribution in [0.3, 0.4) is 0 Å². The van der Waals surface area contributed by atoms with Crippen LogP contribution >= 0.6 is 0 Å². The van der Waals surface area contributed by atoms with Gasteiger partial charge in [-0.05, 0) is 5.92 Å². The van der Waals surface area contributed by atoms with E-state index in [2.05, 4.69) is 38.9 Å². The number of carbonyl (C=O) groups excluding carboxylic acids is 1. The summed E-state index contributed by atoms with van der Waals surface area (Å²) >= 11 is 0. The highest BCUT2D eigenvalue weighted by Gasteiger charge is 2.25. The van der Waals surface area contributed by atoms with Crippen LogP contribution in [0.15, 0.2) is 12.4 Å². The van der Waals surface area contributed by atoms with Crippen LogP contribution in [0.1, 0.15) is 24.5 Å². The minimum absolute atomic E-state index is 0.230. The molecule has 3 rings (SSSR count). The second-order valence-electron chi connectivity index (χ2n) is 6.54. The Bertz CT molecular complexity index is 711. The molecule has 9 nitrogen and oxygen atoms in total. The molecule has 130 valence electrons. The van der Waals surface area contributed by atoms with E-state index >= 15 is 0 Å². The van der Waals surface area contributed by atoms with Crippen molar-refractivity contribution in [3.05, 3.63) is 18.2 Å². The van der Waals surface area contributed by atoms with Crippen molar-refractivity contribution in [2.75, 3.05) is 36.0 Å². The number of amides is 1. The lowest BCUT2D eigenvalue weighted by Crippen LogP contribution is -2.47. The molecule has 1 saturated heterocycles. The van der Waals surface area contributed by atoms with Gasteiger partial charge in [0.05, 0.1) is 11.9 Å². The molecule has 0 aromatic carbocycles. The zero-order chi connectivity index (χ0) is 17.3. The summed E-state index contributed by atoms with van der Waals surface area (Å²) in [6.07, 6.45) is 3.89. The minimum Gasteiger partial charge on any atom is -0.365 e. The molecule has 0 unspecified atom stereocenters. The summed E-state index contributed by atoms with van der Waals surface area (Å²) in [5.74, 6) is 0.787. The van der Waals surface area contributed by atoms with Crippen molar-refractivity contribution >= 4 is 17.5 Å². The van der Waals surface area contributed by atoms with Crippen molar-refractivity contribution in [1.82, 2.24) is 24.5 Å². The summed E-state index contributed by atoms with van der Waals surface area (Å²) in [6.45, 7) is 8.21. The molecule has 24 heavy (non-hydrogen) atoms. The summed E-state index contributed by atoms with van der Waals surface area (Å²) in [6, 6.07) is 0. The van der Waals surface area contributed by atoms with E-state index in [0.717, 1.165) is 37.8 Å². The summed E-state index contributed by atoms with van der Waals surface area (Å²) in [4.78, 5) is 16.1. The first kappa shape index (κ1) is 16.3. The van der Waals surface area contributed by atoms with Gasteiger partial charge in [-0.15, -0.1) is 10.2 Å². The number of nitrogens with two attached hydrogens (primary N) is 1. The molecule has 0 radical (unpaired) electrons. The third kappa shape index (κ3) is 3.19. The number of piperazine rings is 1. The molecule has 2 aromatic heterocycles. The van der Waals surface area contributed by atoms with Gasteiger partial charge >= 0.3 is 0 Å². The Hall–Kier alpha value is -2.58. The molecular weight excluding hydrogens is 308 g/mol. The Balaban J connectivity index is 1.75. The van der Waals surface area contributed by atoms with Crippen molar-refractivity contribution in [2.24, 2.45) is 18.7 Å². The van der Waals surface area contributed by atoms with Gasteiger partial charge in [-0.3, -0.25) is 14.0 Å². The molecule has 0 aliphatic carbocycles. The largest absolute Gasteiger partial charge is 0.365 e. The molecule has 1 amide bonds. The molecule has 9 heteroatoms. The number of aromatic nitrogens is 5. The van der Waals surface area contributed by atoms with Gasteiger partial charge in [0.2, 0.25) is 11.8 Å². The van der Waals surface area contributed by atoms with Crippen molar-refractivity contribution in [1.29, 1.82) is 0 Å². The Morgan fingerprint density at radius 1 is 1.21 bits per heavy atom. The maximum atomic E-state index is 11.6. The summed E-state index contributed by atoms with van der Waals surface area (Å²) in [7, 11) is 1.92. The van der Waals surface area contributed by atoms with Crippen LogP contribution in [0.25, 0.3) is 0 Å². The minimum atomic E-state index is -0.539. The average Bonchev–Trinajstić information content (AvgIpc) is 3.13. The van der Waals surface area contributed by atoms with Crippen molar-refractivity contribution in [3.63, 3.8) is 0 Å². The molecule has 0 atom stereocenters. The highest BCUT2D eigenvalue weighted by Crippen LogP contribution is 2.20. The maximum Gasteiger partial charge on any atom is 0.286 e. The number of aryl methyl sites for hydroxylation is 1. The smallest absolute Gasteiger partial charge is 0.286 e. The zero-order valence-electron chi connectivity index (χ0n) is 14.4. The zero-order valence-corrected chi connectivity index (χ0v) is 14.4. The topological polar surface area (TPSA) is 98.1 Å². The molecule has 3 heterocycles. The number of carbonyl (C=O) groups is 1. The van der Waals surface area contributed by atoms with Crippen LogP contribution in [0.4, 0.5) is 11.6 Å². The van der Waals surface area contributed by atoms with E-state index < -0.39 is 5.91 Å². The van der Waals surface area contributed by atoms with E-state index in [4.69, 9.17) is 5.73 Å². The van der Waals surface area contributed by atoms with E-state index in [1.54, 1.807) is 4.68 Å². The Kier molecular flexibility index (Phi) is 4.41. The van der Waals surface area contributed by atoms with E-state index in [0.29, 0.717) is 12.5 Å². The summed E-state index contributed by atoms with van der Waals surface area (Å²) in [5, 5.41) is 12.4. The van der Waals surface area contributed by atoms with Gasteiger partial charge in [0.25, 0.3) is 5.91 Å². The predicted molar refractivity (Wildman–Crippen MR) is 91.0 cm³/mol. The highest BCUT2D eigenvalue weighted by atomic mass is 16.1. The van der Waals surface area contributed by atoms with Crippen LogP contribution in [0, 0.1) is 5.92 Å². The third-order valence-electron chi connectivity index (χ3n) is 4.12. The number of anilines is 2. The van der Waals surface area contributed by atoms with Gasteiger partial charge in [-0.2, -0.15) is 5.10 Å². The van der Waals surface area contributed by atoms with Crippen LogP contribution in [0.2, 0.25) is 0 Å². The number of rotatable bonds is 5. The second kappa shape index (κ2) is 6.50. The lowest BCUT2D eigenvalue weighted by Gasteiger charge is -2.35. The number of primary amides is 1. The molecule has 2 N–H and O–H groups in total. The average molecular weight is 332 g/mol. The SMILES string of the molecule is CC(C)Cn1c(C(N)=O)nnc1N1CCN(c2cnn(C)c2)CC1. The van der Waals surface area contributed by atoms with E-state index in [-0.39, 0.29) is 5.82 Å². The second-order valence-corrected chi connectivity index (χ2v) is 6.54. The van der Waals surface area contributed by atoms with Crippen molar-refractivity contribution < 1.29 is 4.79 Å². The molecule has 1 aliphatic rings. The lowest BCUT2D eigenvalue weighted by atomic mass is 10.2. The Morgan fingerprint density at radius 2 is 1.88 bits per heavy atom. The molecule has 0 saturated carbocycles. The monoisotopic (exact) mass is 332 g/mol. The third-order valence-corrected chi connectivity index (χ3v) is 4.12. The van der Waals surface area contributed by atoms with Crippen LogP contribution in [-0.2, 0) is 13.6 Å².